The molecule has 2 heterocycles. The third-order valence-corrected chi connectivity index (χ3v) is 5.71. The minimum atomic E-state index is -0.612. The number of ether oxygens (including phenoxy) is 1. The van der Waals surface area contributed by atoms with E-state index in [1.165, 1.54) is 18.1 Å². The number of anilines is 1. The lowest BCUT2D eigenvalue weighted by atomic mass is 10.0. The van der Waals surface area contributed by atoms with Gasteiger partial charge in [0.2, 0.25) is 0 Å². The molecule has 1 aromatic heterocycles. The van der Waals surface area contributed by atoms with Crippen molar-refractivity contribution in [2.24, 2.45) is 0 Å². The molecular formula is C25H20N2O5S. The number of nitrogens with zero attached hydrogens (tertiary/aromatic N) is 1. The normalized spacial score (nSPS) is 15.1. The number of amides is 2. The first kappa shape index (κ1) is 22.2. The van der Waals surface area contributed by atoms with Gasteiger partial charge in [0.1, 0.15) is 17.1 Å². The lowest BCUT2D eigenvalue weighted by Gasteiger charge is -2.30. The summed E-state index contributed by atoms with van der Waals surface area (Å²) in [4.78, 5) is 39.3. The summed E-state index contributed by atoms with van der Waals surface area (Å²) in [5.74, 6) is -0.989. The molecule has 1 aliphatic rings. The van der Waals surface area contributed by atoms with E-state index in [4.69, 9.17) is 21.4 Å². The van der Waals surface area contributed by atoms with E-state index in [1.54, 1.807) is 42.5 Å². The van der Waals surface area contributed by atoms with Crippen molar-refractivity contribution in [1.29, 1.82) is 0 Å². The molecule has 1 fully saturated rings. The number of hydrogen-bond acceptors (Lipinski definition) is 6. The molecule has 0 aliphatic carbocycles. The van der Waals surface area contributed by atoms with Gasteiger partial charge in [-0.15, -0.1) is 0 Å². The van der Waals surface area contributed by atoms with Gasteiger partial charge in [0, 0.05) is 5.56 Å². The van der Waals surface area contributed by atoms with Gasteiger partial charge in [-0.2, -0.15) is 0 Å². The third-order valence-electron chi connectivity index (χ3n) is 5.43. The molecule has 1 saturated heterocycles. The van der Waals surface area contributed by atoms with Crippen molar-refractivity contribution in [3.63, 3.8) is 0 Å². The van der Waals surface area contributed by atoms with Crippen LogP contribution in [-0.4, -0.2) is 30.0 Å². The first-order valence-corrected chi connectivity index (χ1v) is 10.5. The van der Waals surface area contributed by atoms with E-state index in [9.17, 15) is 14.4 Å². The molecule has 166 valence electrons. The molecule has 1 N–H and O–H groups in total. The molecule has 4 rings (SSSR count). The second-order valence-corrected chi connectivity index (χ2v) is 7.80. The van der Waals surface area contributed by atoms with Gasteiger partial charge in [-0.1, -0.05) is 30.3 Å². The minimum Gasteiger partial charge on any atom is -0.465 e. The first-order chi connectivity index (χ1) is 15.8. The van der Waals surface area contributed by atoms with E-state index < -0.39 is 17.8 Å². The fourth-order valence-corrected chi connectivity index (χ4v) is 3.83. The number of thiocarbonyl (C=S) groups is 1. The summed E-state index contributed by atoms with van der Waals surface area (Å²) in [7, 11) is 1.30. The van der Waals surface area contributed by atoms with E-state index in [2.05, 4.69) is 5.32 Å². The van der Waals surface area contributed by atoms with E-state index in [1.807, 2.05) is 26.0 Å². The maximum Gasteiger partial charge on any atom is 0.338 e. The van der Waals surface area contributed by atoms with Crippen LogP contribution in [0.25, 0.3) is 17.4 Å². The molecule has 8 heteroatoms. The third kappa shape index (κ3) is 4.08. The van der Waals surface area contributed by atoms with Crippen molar-refractivity contribution in [1.82, 2.24) is 5.32 Å². The summed E-state index contributed by atoms with van der Waals surface area (Å²) < 4.78 is 10.7. The van der Waals surface area contributed by atoms with Crippen LogP contribution in [0.4, 0.5) is 5.69 Å². The SMILES string of the molecule is COC(=O)c1ccccc1-c1ccc(/C=C2\C(=O)NC(=S)N(c3cccc(C)c3C)C2=O)o1. The van der Waals surface area contributed by atoms with Crippen LogP contribution in [-0.2, 0) is 14.3 Å². The predicted octanol–water partition coefficient (Wildman–Crippen LogP) is 4.18. The van der Waals surface area contributed by atoms with E-state index in [-0.39, 0.29) is 16.4 Å². The predicted molar refractivity (Wildman–Crippen MR) is 128 cm³/mol. The fraction of sp³-hybridized carbons (Fsp3) is 0.120. The van der Waals surface area contributed by atoms with Gasteiger partial charge in [0.15, 0.2) is 5.11 Å². The lowest BCUT2D eigenvalue weighted by Crippen LogP contribution is -2.54. The van der Waals surface area contributed by atoms with E-state index in [0.717, 1.165) is 11.1 Å². The van der Waals surface area contributed by atoms with Gasteiger partial charge in [-0.05, 0) is 67.5 Å². The number of furan rings is 1. The Labute approximate surface area is 195 Å². The zero-order chi connectivity index (χ0) is 23.7. The molecule has 7 nitrogen and oxygen atoms in total. The number of esters is 1. The van der Waals surface area contributed by atoms with Crippen molar-refractivity contribution >= 4 is 46.9 Å². The summed E-state index contributed by atoms with van der Waals surface area (Å²) >= 11 is 5.28. The highest BCUT2D eigenvalue weighted by Gasteiger charge is 2.35. The van der Waals surface area contributed by atoms with Crippen LogP contribution in [0.1, 0.15) is 27.2 Å². The van der Waals surface area contributed by atoms with Gasteiger partial charge < -0.3 is 9.15 Å². The van der Waals surface area contributed by atoms with Crippen molar-refractivity contribution in [3.05, 3.63) is 82.6 Å². The zero-order valence-corrected chi connectivity index (χ0v) is 19.0. The number of carbonyl (C=O) groups is 3. The Kier molecular flexibility index (Phi) is 5.93. The highest BCUT2D eigenvalue weighted by molar-refractivity contribution is 7.80. The molecule has 33 heavy (non-hydrogen) atoms. The maximum atomic E-state index is 13.3. The average Bonchev–Trinajstić information content (AvgIpc) is 3.27. The Morgan fingerprint density at radius 1 is 1.06 bits per heavy atom. The number of rotatable bonds is 4. The molecule has 3 aromatic rings. The summed E-state index contributed by atoms with van der Waals surface area (Å²) in [6.07, 6.45) is 1.36. The van der Waals surface area contributed by atoms with Crippen molar-refractivity contribution in [2.45, 2.75) is 13.8 Å². The molecule has 0 spiro atoms. The monoisotopic (exact) mass is 460 g/mol. The lowest BCUT2D eigenvalue weighted by molar-refractivity contribution is -0.122. The highest BCUT2D eigenvalue weighted by Crippen LogP contribution is 2.30. The van der Waals surface area contributed by atoms with Crippen LogP contribution in [0.3, 0.4) is 0 Å². The summed E-state index contributed by atoms with van der Waals surface area (Å²) in [5, 5.41) is 2.59. The Bertz CT molecular complexity index is 1340. The Morgan fingerprint density at radius 3 is 2.58 bits per heavy atom. The van der Waals surface area contributed by atoms with Crippen LogP contribution in [0.15, 0.2) is 64.6 Å². The Balaban J connectivity index is 1.71. The van der Waals surface area contributed by atoms with E-state index in [0.29, 0.717) is 22.6 Å². The summed E-state index contributed by atoms with van der Waals surface area (Å²) in [5.41, 5.74) is 3.22. The quantitative estimate of drug-likeness (QED) is 0.272. The number of nitrogens with one attached hydrogen (secondary N) is 1. The number of methoxy groups -OCH3 is 1. The van der Waals surface area contributed by atoms with Gasteiger partial charge in [0.25, 0.3) is 11.8 Å². The minimum absolute atomic E-state index is 0.0167. The first-order valence-electron chi connectivity index (χ1n) is 10.1. The van der Waals surface area contributed by atoms with Gasteiger partial charge in [0.05, 0.1) is 18.4 Å². The van der Waals surface area contributed by atoms with Gasteiger partial charge in [-0.3, -0.25) is 19.8 Å². The van der Waals surface area contributed by atoms with Crippen LogP contribution >= 0.6 is 12.2 Å². The van der Waals surface area contributed by atoms with Crippen LogP contribution in [0, 0.1) is 13.8 Å². The van der Waals surface area contributed by atoms with Gasteiger partial charge >= 0.3 is 5.97 Å². The molecule has 0 unspecified atom stereocenters. The molecule has 0 radical (unpaired) electrons. The zero-order valence-electron chi connectivity index (χ0n) is 18.2. The molecule has 2 amide bonds. The second-order valence-electron chi connectivity index (χ2n) is 7.42. The van der Waals surface area contributed by atoms with Crippen molar-refractivity contribution in [2.75, 3.05) is 12.0 Å². The average molecular weight is 461 g/mol. The summed E-state index contributed by atoms with van der Waals surface area (Å²) in [6.45, 7) is 3.82. The van der Waals surface area contributed by atoms with Crippen LogP contribution in [0.2, 0.25) is 0 Å². The number of aryl methyl sites for hydroxylation is 1. The molecule has 0 bridgehead atoms. The Hall–Kier alpha value is -4.04. The van der Waals surface area contributed by atoms with E-state index >= 15 is 0 Å². The maximum absolute atomic E-state index is 13.3. The van der Waals surface area contributed by atoms with Crippen LogP contribution in [0.5, 0.6) is 0 Å². The Morgan fingerprint density at radius 2 is 1.82 bits per heavy atom. The standard InChI is InChI=1S/C25H20N2O5S/c1-14-7-6-10-20(15(14)2)27-23(29)19(22(28)26-25(27)33)13-16-11-12-21(32-16)17-8-4-5-9-18(17)24(30)31-3/h4-13H,1-3H3,(H,26,28,33)/b19-13+. The van der Waals surface area contributed by atoms with Crippen molar-refractivity contribution in [3.8, 4) is 11.3 Å². The molecule has 0 atom stereocenters. The molecule has 0 saturated carbocycles. The topological polar surface area (TPSA) is 88.9 Å². The van der Waals surface area contributed by atoms with Crippen molar-refractivity contribution < 1.29 is 23.5 Å². The number of hydrogen-bond donors (Lipinski definition) is 1. The highest BCUT2D eigenvalue weighted by atomic mass is 32.1. The number of carbonyl (C=O) groups excluding carboxylic acids is 3. The molecule has 2 aromatic carbocycles. The largest absolute Gasteiger partial charge is 0.465 e. The van der Waals surface area contributed by atoms with Gasteiger partial charge in [-0.25, -0.2) is 4.79 Å². The second kappa shape index (κ2) is 8.84. The summed E-state index contributed by atoms with van der Waals surface area (Å²) in [6, 6.07) is 15.6. The molecule has 1 aliphatic heterocycles. The smallest absolute Gasteiger partial charge is 0.338 e. The molecular weight excluding hydrogens is 440 g/mol. The van der Waals surface area contributed by atoms with Crippen LogP contribution < -0.4 is 10.2 Å². The fourth-order valence-electron chi connectivity index (χ4n) is 3.56. The number of benzene rings is 2.